The minimum absolute atomic E-state index is 0.0666. The highest BCUT2D eigenvalue weighted by atomic mass is 19.1. The number of carbonyl (C=O) groups excluding carboxylic acids is 2. The number of aryl methyl sites for hydroxylation is 1. The summed E-state index contributed by atoms with van der Waals surface area (Å²) in [4.78, 5) is 25.0. The molecule has 0 unspecified atom stereocenters. The van der Waals surface area contributed by atoms with Gasteiger partial charge in [0.2, 0.25) is 0 Å². The van der Waals surface area contributed by atoms with Crippen LogP contribution in [0.2, 0.25) is 0 Å². The summed E-state index contributed by atoms with van der Waals surface area (Å²) in [5.41, 5.74) is 0.860. The van der Waals surface area contributed by atoms with E-state index in [1.165, 1.54) is 24.5 Å². The van der Waals surface area contributed by atoms with Gasteiger partial charge in [0, 0.05) is 12.8 Å². The summed E-state index contributed by atoms with van der Waals surface area (Å²) in [6.45, 7) is 2.31. The first-order valence-corrected chi connectivity index (χ1v) is 9.16. The molecule has 1 heterocycles. The molecule has 7 nitrogen and oxygen atoms in total. The molecule has 0 saturated heterocycles. The fraction of sp³-hybridized carbons (Fsp3) is 0.182. The van der Waals surface area contributed by atoms with Gasteiger partial charge in [-0.25, -0.2) is 4.39 Å². The molecular formula is C22H21FN2O5. The van der Waals surface area contributed by atoms with Crippen molar-refractivity contribution in [2.45, 2.75) is 6.92 Å². The first-order chi connectivity index (χ1) is 14.5. The molecule has 3 rings (SSSR count). The van der Waals surface area contributed by atoms with Crippen LogP contribution in [0, 0.1) is 12.7 Å². The minimum Gasteiger partial charge on any atom is -0.490 e. The predicted octanol–water partition coefficient (Wildman–Crippen LogP) is 4.26. The number of rotatable bonds is 8. The molecule has 8 heteroatoms. The van der Waals surface area contributed by atoms with Crippen LogP contribution in [0.25, 0.3) is 0 Å². The number of ether oxygens (including phenoxy) is 2. The van der Waals surface area contributed by atoms with Gasteiger partial charge in [-0.05, 0) is 43.3 Å². The summed E-state index contributed by atoms with van der Waals surface area (Å²) >= 11 is 0. The Bertz CT molecular complexity index is 1050. The van der Waals surface area contributed by atoms with Gasteiger partial charge >= 0.3 is 0 Å². The Morgan fingerprint density at radius 1 is 1.00 bits per heavy atom. The van der Waals surface area contributed by atoms with Crippen LogP contribution in [0.1, 0.15) is 26.5 Å². The maximum absolute atomic E-state index is 14.2. The molecule has 0 fully saturated rings. The van der Waals surface area contributed by atoms with E-state index in [0.29, 0.717) is 41.5 Å². The van der Waals surface area contributed by atoms with Gasteiger partial charge in [0.15, 0.2) is 0 Å². The maximum Gasteiger partial charge on any atom is 0.259 e. The number of anilines is 2. The summed E-state index contributed by atoms with van der Waals surface area (Å²) in [5, 5.41) is 5.18. The number of para-hydroxylation sites is 1. The molecule has 0 aliphatic carbocycles. The lowest BCUT2D eigenvalue weighted by Gasteiger charge is -2.13. The van der Waals surface area contributed by atoms with E-state index in [4.69, 9.17) is 13.9 Å². The molecule has 0 saturated carbocycles. The SMILES string of the molecule is COCCOc1ccccc1C(=O)Nc1ccc(F)c(NC(=O)c2ccoc2C)c1. The highest BCUT2D eigenvalue weighted by Gasteiger charge is 2.16. The number of hydrogen-bond donors (Lipinski definition) is 2. The lowest BCUT2D eigenvalue weighted by atomic mass is 10.1. The smallest absolute Gasteiger partial charge is 0.259 e. The fourth-order valence-electron chi connectivity index (χ4n) is 2.72. The highest BCUT2D eigenvalue weighted by Crippen LogP contribution is 2.24. The number of furan rings is 1. The molecule has 2 aromatic carbocycles. The highest BCUT2D eigenvalue weighted by molar-refractivity contribution is 6.07. The lowest BCUT2D eigenvalue weighted by molar-refractivity contribution is 0.101. The van der Waals surface area contributed by atoms with Crippen molar-refractivity contribution in [3.63, 3.8) is 0 Å². The zero-order valence-corrected chi connectivity index (χ0v) is 16.5. The number of amides is 2. The second kappa shape index (κ2) is 9.71. The molecule has 0 radical (unpaired) electrons. The zero-order valence-electron chi connectivity index (χ0n) is 16.5. The third kappa shape index (κ3) is 5.03. The fourth-order valence-corrected chi connectivity index (χ4v) is 2.72. The van der Waals surface area contributed by atoms with Crippen molar-refractivity contribution in [2.24, 2.45) is 0 Å². The van der Waals surface area contributed by atoms with E-state index in [0.717, 1.165) is 6.07 Å². The van der Waals surface area contributed by atoms with E-state index < -0.39 is 17.6 Å². The van der Waals surface area contributed by atoms with E-state index in [1.54, 1.807) is 38.3 Å². The monoisotopic (exact) mass is 412 g/mol. The predicted molar refractivity (Wildman–Crippen MR) is 110 cm³/mol. The Morgan fingerprint density at radius 2 is 1.77 bits per heavy atom. The zero-order chi connectivity index (χ0) is 21.5. The van der Waals surface area contributed by atoms with Crippen LogP contribution in [0.3, 0.4) is 0 Å². The largest absolute Gasteiger partial charge is 0.490 e. The molecule has 0 bridgehead atoms. The van der Waals surface area contributed by atoms with Gasteiger partial charge in [0.1, 0.15) is 23.9 Å². The van der Waals surface area contributed by atoms with Crippen molar-refractivity contribution < 1.29 is 27.9 Å². The van der Waals surface area contributed by atoms with Crippen LogP contribution in [-0.2, 0) is 4.74 Å². The first-order valence-electron chi connectivity index (χ1n) is 9.16. The Hall–Kier alpha value is -3.65. The minimum atomic E-state index is -0.634. The van der Waals surface area contributed by atoms with E-state index >= 15 is 0 Å². The Labute approximate surface area is 172 Å². The number of methoxy groups -OCH3 is 1. The quantitative estimate of drug-likeness (QED) is 0.540. The summed E-state index contributed by atoms with van der Waals surface area (Å²) in [6, 6.07) is 12.2. The van der Waals surface area contributed by atoms with Crippen LogP contribution in [0.5, 0.6) is 5.75 Å². The maximum atomic E-state index is 14.2. The van der Waals surface area contributed by atoms with Gasteiger partial charge in [-0.3, -0.25) is 9.59 Å². The molecule has 0 aliphatic rings. The molecule has 0 atom stereocenters. The number of nitrogens with one attached hydrogen (secondary N) is 2. The van der Waals surface area contributed by atoms with Crippen LogP contribution in [0.15, 0.2) is 59.2 Å². The number of halogens is 1. The normalized spacial score (nSPS) is 10.5. The van der Waals surface area contributed by atoms with Gasteiger partial charge in [-0.15, -0.1) is 0 Å². The van der Waals surface area contributed by atoms with Crippen molar-refractivity contribution in [3.05, 3.63) is 77.5 Å². The van der Waals surface area contributed by atoms with Crippen molar-refractivity contribution in [2.75, 3.05) is 31.0 Å². The average molecular weight is 412 g/mol. The van der Waals surface area contributed by atoms with E-state index in [-0.39, 0.29) is 5.69 Å². The second-order valence-electron chi connectivity index (χ2n) is 6.33. The molecule has 3 aromatic rings. The third-order valence-electron chi connectivity index (χ3n) is 4.25. The number of carbonyl (C=O) groups is 2. The van der Waals surface area contributed by atoms with Gasteiger partial charge in [-0.2, -0.15) is 0 Å². The van der Waals surface area contributed by atoms with E-state index in [1.807, 2.05) is 0 Å². The molecule has 30 heavy (non-hydrogen) atoms. The van der Waals surface area contributed by atoms with Crippen LogP contribution in [0.4, 0.5) is 15.8 Å². The van der Waals surface area contributed by atoms with E-state index in [2.05, 4.69) is 10.6 Å². The van der Waals surface area contributed by atoms with Crippen LogP contribution in [-0.4, -0.2) is 32.1 Å². The standard InChI is InChI=1S/C22H21FN2O5/c1-14-16(9-10-29-14)21(26)25-19-13-15(7-8-18(19)23)24-22(27)17-5-3-4-6-20(17)30-12-11-28-2/h3-10,13H,11-12H2,1-2H3,(H,24,27)(H,25,26). The van der Waals surface area contributed by atoms with E-state index in [9.17, 15) is 14.0 Å². The van der Waals surface area contributed by atoms with Crippen molar-refractivity contribution in [3.8, 4) is 5.75 Å². The van der Waals surface area contributed by atoms with Crippen LogP contribution >= 0.6 is 0 Å². The topological polar surface area (TPSA) is 89.8 Å². The van der Waals surface area contributed by atoms with Crippen molar-refractivity contribution >= 4 is 23.2 Å². The van der Waals surface area contributed by atoms with Gasteiger partial charge < -0.3 is 24.5 Å². The summed E-state index contributed by atoms with van der Waals surface area (Å²) in [6.07, 6.45) is 1.38. The lowest BCUT2D eigenvalue weighted by Crippen LogP contribution is -2.16. The molecular weight excluding hydrogens is 391 g/mol. The summed E-state index contributed by atoms with van der Waals surface area (Å²) < 4.78 is 29.8. The molecule has 0 aliphatic heterocycles. The van der Waals surface area contributed by atoms with Gasteiger partial charge in [0.05, 0.1) is 29.7 Å². The number of benzene rings is 2. The third-order valence-corrected chi connectivity index (χ3v) is 4.25. The van der Waals surface area contributed by atoms with Crippen molar-refractivity contribution in [1.29, 1.82) is 0 Å². The summed E-state index contributed by atoms with van der Waals surface area (Å²) in [5.74, 6) is -0.760. The molecule has 156 valence electrons. The Balaban J connectivity index is 1.75. The molecule has 2 amide bonds. The molecule has 2 N–H and O–H groups in total. The van der Waals surface area contributed by atoms with Crippen LogP contribution < -0.4 is 15.4 Å². The first kappa shape index (κ1) is 21.1. The second-order valence-corrected chi connectivity index (χ2v) is 6.33. The molecule has 1 aromatic heterocycles. The van der Waals surface area contributed by atoms with Gasteiger partial charge in [0.25, 0.3) is 11.8 Å². The Kier molecular flexibility index (Phi) is 6.82. The Morgan fingerprint density at radius 3 is 2.50 bits per heavy atom. The summed E-state index contributed by atoms with van der Waals surface area (Å²) in [7, 11) is 1.56. The van der Waals surface area contributed by atoms with Gasteiger partial charge in [-0.1, -0.05) is 12.1 Å². The average Bonchev–Trinajstić information content (AvgIpc) is 3.17. The number of hydrogen-bond acceptors (Lipinski definition) is 5. The van der Waals surface area contributed by atoms with Crippen molar-refractivity contribution in [1.82, 2.24) is 0 Å². The molecule has 0 spiro atoms.